The Hall–Kier alpha value is -4.59. The van der Waals surface area contributed by atoms with Crippen molar-refractivity contribution in [3.8, 4) is 28.3 Å². The molecule has 2 heterocycles. The highest BCUT2D eigenvalue weighted by atomic mass is 16.5. The number of hydrogen-bond donors (Lipinski definition) is 1. The molecule has 8 nitrogen and oxygen atoms in total. The van der Waals surface area contributed by atoms with Gasteiger partial charge in [0.15, 0.2) is 17.3 Å². The van der Waals surface area contributed by atoms with Crippen molar-refractivity contribution in [1.29, 1.82) is 0 Å². The summed E-state index contributed by atoms with van der Waals surface area (Å²) in [5.74, 6) is 0.925. The first kappa shape index (κ1) is 24.1. The summed E-state index contributed by atoms with van der Waals surface area (Å²) in [5.41, 5.74) is 3.46. The van der Waals surface area contributed by atoms with Crippen molar-refractivity contribution in [1.82, 2.24) is 14.7 Å². The van der Waals surface area contributed by atoms with Crippen LogP contribution in [-0.4, -0.2) is 53.8 Å². The van der Waals surface area contributed by atoms with Gasteiger partial charge in [0.25, 0.3) is 0 Å². The van der Waals surface area contributed by atoms with Gasteiger partial charge in [-0.25, -0.2) is 4.68 Å². The van der Waals surface area contributed by atoms with Crippen LogP contribution < -0.4 is 14.8 Å². The van der Waals surface area contributed by atoms with Crippen LogP contribution in [0.4, 0.5) is 5.82 Å². The van der Waals surface area contributed by atoms with E-state index in [1.165, 1.54) is 0 Å². The summed E-state index contributed by atoms with van der Waals surface area (Å²) < 4.78 is 12.4. The van der Waals surface area contributed by atoms with Crippen molar-refractivity contribution in [2.75, 3.05) is 32.6 Å². The number of carbonyl (C=O) groups excluding carboxylic acids is 2. The molecule has 4 aromatic rings. The lowest BCUT2D eigenvalue weighted by Gasteiger charge is -2.17. The van der Waals surface area contributed by atoms with E-state index < -0.39 is 0 Å². The van der Waals surface area contributed by atoms with Crippen molar-refractivity contribution in [3.63, 3.8) is 0 Å². The minimum atomic E-state index is -0.329. The molecule has 3 aromatic carbocycles. The molecule has 5 rings (SSSR count). The van der Waals surface area contributed by atoms with E-state index in [0.717, 1.165) is 22.4 Å². The number of nitrogens with one attached hydrogen (secondary N) is 1. The standard InChI is InChI=1S/C29H28N4O4/c1-36-25-14-13-21(17-26(25)37-2)23-15-16-32(29(23)35)19-27(34)30-28-24(20-9-5-3-6-10-20)18-33(31-28)22-11-7-4-8-12-22/h3-14,17-18,23H,15-16,19H2,1-2H3,(H,30,31,34). The fourth-order valence-corrected chi connectivity index (χ4v) is 4.63. The summed E-state index contributed by atoms with van der Waals surface area (Å²) in [5, 5.41) is 7.58. The van der Waals surface area contributed by atoms with Crippen LogP contribution in [0.2, 0.25) is 0 Å². The van der Waals surface area contributed by atoms with E-state index in [4.69, 9.17) is 9.47 Å². The first-order chi connectivity index (χ1) is 18.1. The van der Waals surface area contributed by atoms with E-state index in [1.807, 2.05) is 79.0 Å². The fourth-order valence-electron chi connectivity index (χ4n) is 4.63. The van der Waals surface area contributed by atoms with Crippen LogP contribution in [-0.2, 0) is 9.59 Å². The molecule has 0 spiro atoms. The van der Waals surface area contributed by atoms with Crippen molar-refractivity contribution < 1.29 is 19.1 Å². The number of amides is 2. The van der Waals surface area contributed by atoms with Gasteiger partial charge in [-0.15, -0.1) is 5.10 Å². The van der Waals surface area contributed by atoms with Gasteiger partial charge in [-0.05, 0) is 41.8 Å². The predicted molar refractivity (Wildman–Crippen MR) is 141 cm³/mol. The third-order valence-electron chi connectivity index (χ3n) is 6.52. The number of benzene rings is 3. The molecule has 1 fully saturated rings. The minimum Gasteiger partial charge on any atom is -0.493 e. The van der Waals surface area contributed by atoms with Gasteiger partial charge in [-0.3, -0.25) is 9.59 Å². The Morgan fingerprint density at radius 2 is 1.68 bits per heavy atom. The first-order valence-corrected chi connectivity index (χ1v) is 12.1. The van der Waals surface area contributed by atoms with Crippen LogP contribution >= 0.6 is 0 Å². The normalized spacial score (nSPS) is 15.0. The van der Waals surface area contributed by atoms with E-state index in [2.05, 4.69) is 10.4 Å². The number of aromatic nitrogens is 2. The molecule has 8 heteroatoms. The molecule has 0 bridgehead atoms. The molecule has 0 aliphatic carbocycles. The van der Waals surface area contributed by atoms with E-state index in [-0.39, 0.29) is 24.3 Å². The monoisotopic (exact) mass is 496 g/mol. The van der Waals surface area contributed by atoms with E-state index >= 15 is 0 Å². The summed E-state index contributed by atoms with van der Waals surface area (Å²) in [6.07, 6.45) is 2.52. The Morgan fingerprint density at radius 3 is 2.38 bits per heavy atom. The molecule has 1 aliphatic rings. The number of para-hydroxylation sites is 1. The maximum absolute atomic E-state index is 13.2. The molecule has 1 atom stereocenters. The Morgan fingerprint density at radius 1 is 0.973 bits per heavy atom. The van der Waals surface area contributed by atoms with E-state index in [0.29, 0.717) is 30.3 Å². The Labute approximate surface area is 215 Å². The second-order valence-electron chi connectivity index (χ2n) is 8.80. The van der Waals surface area contributed by atoms with Crippen molar-refractivity contribution in [3.05, 3.63) is 90.6 Å². The van der Waals surface area contributed by atoms with Crippen molar-refractivity contribution in [2.45, 2.75) is 12.3 Å². The number of methoxy groups -OCH3 is 2. The minimum absolute atomic E-state index is 0.0466. The molecule has 1 unspecified atom stereocenters. The predicted octanol–water partition coefficient (Wildman–Crippen LogP) is 4.51. The van der Waals surface area contributed by atoms with Crippen molar-refractivity contribution in [2.24, 2.45) is 0 Å². The second-order valence-corrected chi connectivity index (χ2v) is 8.80. The summed E-state index contributed by atoms with van der Waals surface area (Å²) in [6.45, 7) is 0.449. The molecule has 37 heavy (non-hydrogen) atoms. The zero-order valence-corrected chi connectivity index (χ0v) is 20.8. The van der Waals surface area contributed by atoms with Gasteiger partial charge in [0, 0.05) is 18.3 Å². The number of anilines is 1. The molecule has 2 amide bonds. The number of rotatable bonds is 8. The van der Waals surface area contributed by atoms with Gasteiger partial charge in [-0.1, -0.05) is 54.6 Å². The second kappa shape index (κ2) is 10.6. The molecule has 188 valence electrons. The van der Waals surface area contributed by atoms with Gasteiger partial charge < -0.3 is 19.7 Å². The van der Waals surface area contributed by atoms with Crippen LogP contribution in [0, 0.1) is 0 Å². The van der Waals surface area contributed by atoms with Crippen LogP contribution in [0.3, 0.4) is 0 Å². The number of likely N-dealkylation sites (tertiary alicyclic amines) is 1. The van der Waals surface area contributed by atoms with Gasteiger partial charge in [0.05, 0.1) is 32.4 Å². The molecule has 0 radical (unpaired) electrons. The molecule has 1 aromatic heterocycles. The Bertz CT molecular complexity index is 1400. The lowest BCUT2D eigenvalue weighted by atomic mass is 9.97. The van der Waals surface area contributed by atoms with Crippen molar-refractivity contribution >= 4 is 17.6 Å². The highest BCUT2D eigenvalue weighted by Gasteiger charge is 2.34. The van der Waals surface area contributed by atoms with E-state index in [9.17, 15) is 9.59 Å². The highest BCUT2D eigenvalue weighted by molar-refractivity contribution is 5.98. The fraction of sp³-hybridized carbons (Fsp3) is 0.207. The quantitative estimate of drug-likeness (QED) is 0.388. The maximum Gasteiger partial charge on any atom is 0.245 e. The summed E-state index contributed by atoms with van der Waals surface area (Å²) >= 11 is 0. The number of hydrogen-bond acceptors (Lipinski definition) is 5. The topological polar surface area (TPSA) is 85.7 Å². The maximum atomic E-state index is 13.2. The Kier molecular flexibility index (Phi) is 6.89. The highest BCUT2D eigenvalue weighted by Crippen LogP contribution is 2.35. The largest absolute Gasteiger partial charge is 0.493 e. The van der Waals surface area contributed by atoms with E-state index in [1.54, 1.807) is 29.9 Å². The Balaban J connectivity index is 1.32. The molecule has 1 N–H and O–H groups in total. The van der Waals surface area contributed by atoms with Gasteiger partial charge >= 0.3 is 0 Å². The SMILES string of the molecule is COc1ccc(C2CCN(CC(=O)Nc3nn(-c4ccccc4)cc3-c3ccccc3)C2=O)cc1OC. The third kappa shape index (κ3) is 5.04. The summed E-state index contributed by atoms with van der Waals surface area (Å²) in [4.78, 5) is 27.8. The van der Waals surface area contributed by atoms with Crippen LogP contribution in [0.1, 0.15) is 17.9 Å². The van der Waals surface area contributed by atoms with Crippen LogP contribution in [0.15, 0.2) is 85.1 Å². The number of nitrogens with zero attached hydrogens (tertiary/aromatic N) is 3. The third-order valence-corrected chi connectivity index (χ3v) is 6.52. The average Bonchev–Trinajstić information content (AvgIpc) is 3.52. The molecule has 0 saturated carbocycles. The zero-order chi connectivity index (χ0) is 25.8. The number of carbonyl (C=O) groups is 2. The smallest absolute Gasteiger partial charge is 0.245 e. The van der Waals surface area contributed by atoms with Gasteiger partial charge in [0.2, 0.25) is 11.8 Å². The average molecular weight is 497 g/mol. The number of ether oxygens (including phenoxy) is 2. The van der Waals surface area contributed by atoms with Crippen LogP contribution in [0.25, 0.3) is 16.8 Å². The summed E-state index contributed by atoms with van der Waals surface area (Å²) in [6, 6.07) is 25.0. The molecule has 1 aliphatic heterocycles. The van der Waals surface area contributed by atoms with Gasteiger partial charge in [-0.2, -0.15) is 0 Å². The zero-order valence-electron chi connectivity index (χ0n) is 20.8. The lowest BCUT2D eigenvalue weighted by molar-refractivity contribution is -0.132. The van der Waals surface area contributed by atoms with Gasteiger partial charge in [0.1, 0.15) is 0 Å². The molecular formula is C29H28N4O4. The van der Waals surface area contributed by atoms with Crippen LogP contribution in [0.5, 0.6) is 11.5 Å². The first-order valence-electron chi connectivity index (χ1n) is 12.1. The molecular weight excluding hydrogens is 468 g/mol. The lowest BCUT2D eigenvalue weighted by Crippen LogP contribution is -2.35. The summed E-state index contributed by atoms with van der Waals surface area (Å²) in [7, 11) is 3.14. The molecule has 1 saturated heterocycles.